The van der Waals surface area contributed by atoms with Crippen LogP contribution in [0.2, 0.25) is 0 Å². The first-order valence-corrected chi connectivity index (χ1v) is 5.05. The van der Waals surface area contributed by atoms with E-state index in [-0.39, 0.29) is 0 Å². The van der Waals surface area contributed by atoms with Crippen LogP contribution in [0.15, 0.2) is 0 Å². The average molecular weight is 181 g/mol. The molecule has 1 aromatic rings. The quantitative estimate of drug-likeness (QED) is 0.412. The van der Waals surface area contributed by atoms with Crippen molar-refractivity contribution in [3.8, 4) is 0 Å². The topological polar surface area (TPSA) is 9.23 Å². The fraction of sp³-hybridized carbons (Fsp3) is 0.250. The molecule has 0 bridgehead atoms. The van der Waals surface area contributed by atoms with Crippen molar-refractivity contribution >= 4 is 66.5 Å². The zero-order valence-electron chi connectivity index (χ0n) is 10.1. The lowest BCUT2D eigenvalue weighted by Crippen LogP contribution is -2.56. The lowest BCUT2D eigenvalue weighted by molar-refractivity contribution is 0.186. The van der Waals surface area contributed by atoms with Crippen LogP contribution in [-0.4, -0.2) is 46.3 Å². The molecule has 0 atom stereocenters. The van der Waals surface area contributed by atoms with Gasteiger partial charge in [-0.3, -0.25) is 0 Å². The Balaban J connectivity index is 3.43. The monoisotopic (exact) mass is 182 g/mol. The first-order chi connectivity index (χ1) is 6.50. The number of benzene rings is 1. The van der Waals surface area contributed by atoms with Gasteiger partial charge < -0.3 is 4.74 Å². The van der Waals surface area contributed by atoms with E-state index in [9.17, 15) is 0 Å². The number of hydrogen-bond donors (Lipinski definition) is 0. The summed E-state index contributed by atoms with van der Waals surface area (Å²) in [6.45, 7) is 0.722. The summed E-state index contributed by atoms with van der Waals surface area (Å²) in [4.78, 5) is 0. The van der Waals surface area contributed by atoms with E-state index >= 15 is 0 Å². The van der Waals surface area contributed by atoms with E-state index in [0.717, 1.165) is 6.61 Å². The number of ether oxygens (including phenoxy) is 1. The predicted molar refractivity (Wildman–Crippen MR) is 78.0 cm³/mol. The van der Waals surface area contributed by atoms with Crippen molar-refractivity contribution in [2.24, 2.45) is 0 Å². The molecule has 14 heavy (non-hydrogen) atoms. The minimum Gasteiger partial charge on any atom is -0.380 e. The Labute approximate surface area is 91.0 Å². The van der Waals surface area contributed by atoms with Gasteiger partial charge in [0.1, 0.15) is 39.2 Å². The Bertz CT molecular complexity index is 334. The molecule has 0 aliphatic carbocycles. The Morgan fingerprint density at radius 1 is 0.786 bits per heavy atom. The molecule has 0 aromatic heterocycles. The number of rotatable bonds is 2. The Hall–Kier alpha value is -0.495. The first-order valence-electron chi connectivity index (χ1n) is 5.05. The van der Waals surface area contributed by atoms with Crippen LogP contribution in [-0.2, 0) is 11.3 Å². The molecule has 0 aliphatic heterocycles. The maximum atomic E-state index is 5.24. The predicted octanol–water partition coefficient (Wildman–Crippen LogP) is -6.87. The molecule has 0 saturated carbocycles. The van der Waals surface area contributed by atoms with Crippen LogP contribution in [0.25, 0.3) is 0 Å². The van der Waals surface area contributed by atoms with E-state index in [1.807, 2.05) is 0 Å². The summed E-state index contributed by atoms with van der Waals surface area (Å²) in [6, 6.07) is 0. The lowest BCUT2D eigenvalue weighted by Gasteiger charge is -2.19. The molecule has 0 spiro atoms. The van der Waals surface area contributed by atoms with Gasteiger partial charge in [0.05, 0.1) is 6.61 Å². The van der Waals surface area contributed by atoms with Gasteiger partial charge in [0.15, 0.2) is 0 Å². The Kier molecular flexibility index (Phi) is 3.60. The molecule has 6 heteroatoms. The summed E-state index contributed by atoms with van der Waals surface area (Å²) in [5.41, 5.74) is 8.34. The zero-order valence-corrected chi connectivity index (χ0v) is 10.1. The van der Waals surface area contributed by atoms with Gasteiger partial charge >= 0.3 is 0 Å². The molecule has 1 aromatic carbocycles. The van der Waals surface area contributed by atoms with Crippen molar-refractivity contribution in [3.63, 3.8) is 0 Å². The van der Waals surface area contributed by atoms with Crippen LogP contribution in [0.1, 0.15) is 5.56 Å². The minimum absolute atomic E-state index is 0.722. The fourth-order valence-electron chi connectivity index (χ4n) is 1.94. The fourth-order valence-corrected chi connectivity index (χ4v) is 1.94. The molecule has 1 nitrogen and oxygen atoms in total. The third kappa shape index (κ3) is 1.81. The van der Waals surface area contributed by atoms with Crippen molar-refractivity contribution in [2.75, 3.05) is 7.11 Å². The minimum atomic E-state index is 0.722. The van der Waals surface area contributed by atoms with Gasteiger partial charge in [-0.05, 0) is 5.56 Å². The smallest absolute Gasteiger partial charge is 0.138 e. The van der Waals surface area contributed by atoms with Crippen LogP contribution < -0.4 is 27.3 Å². The summed E-state index contributed by atoms with van der Waals surface area (Å²) in [5.74, 6) is 0. The highest BCUT2D eigenvalue weighted by molar-refractivity contribution is 6.67. The first kappa shape index (κ1) is 11.6. The molecule has 0 N–H and O–H groups in total. The molecule has 1 rings (SSSR count). The van der Waals surface area contributed by atoms with Gasteiger partial charge in [-0.15, -0.1) is 16.4 Å². The largest absolute Gasteiger partial charge is 0.380 e. The normalized spacial score (nSPS) is 10.4. The van der Waals surface area contributed by atoms with Crippen LogP contribution in [0, 0.1) is 0 Å². The third-order valence-electron chi connectivity index (χ3n) is 3.44. The summed E-state index contributed by atoms with van der Waals surface area (Å²) in [6.07, 6.45) is 0. The van der Waals surface area contributed by atoms with Crippen LogP contribution in [0.3, 0.4) is 0 Å². The lowest BCUT2D eigenvalue weighted by atomic mass is 9.60. The van der Waals surface area contributed by atoms with Crippen LogP contribution in [0.5, 0.6) is 0 Å². The van der Waals surface area contributed by atoms with Gasteiger partial charge in [0.25, 0.3) is 0 Å². The van der Waals surface area contributed by atoms with Crippen molar-refractivity contribution in [2.45, 2.75) is 6.61 Å². The van der Waals surface area contributed by atoms with E-state index in [1.165, 1.54) is 32.9 Å². The SMILES string of the molecule is Bc1c(B)c(B)c(COC)c(B)c1B. The van der Waals surface area contributed by atoms with Gasteiger partial charge in [0.2, 0.25) is 0 Å². The molecule has 0 saturated heterocycles. The van der Waals surface area contributed by atoms with Gasteiger partial charge in [0, 0.05) is 7.11 Å². The summed E-state index contributed by atoms with van der Waals surface area (Å²) < 4.78 is 5.24. The van der Waals surface area contributed by atoms with Crippen LogP contribution in [0.4, 0.5) is 0 Å². The molecule has 0 radical (unpaired) electrons. The highest BCUT2D eigenvalue weighted by Crippen LogP contribution is 1.87. The molecule has 0 amide bonds. The van der Waals surface area contributed by atoms with E-state index in [0.29, 0.717) is 0 Å². The molecular weight excluding hydrogens is 166 g/mol. The van der Waals surface area contributed by atoms with Gasteiger partial charge in [-0.25, -0.2) is 0 Å². The Morgan fingerprint density at radius 2 is 1.14 bits per heavy atom. The number of hydrogen-bond acceptors (Lipinski definition) is 1. The molecule has 0 fully saturated rings. The van der Waals surface area contributed by atoms with E-state index < -0.39 is 0 Å². The average Bonchev–Trinajstić information content (AvgIpc) is 2.19. The van der Waals surface area contributed by atoms with E-state index in [1.54, 1.807) is 7.11 Å². The zero-order chi connectivity index (χ0) is 10.9. The molecule has 68 valence electrons. The standard InChI is InChI=1S/C8H15B5O/c1-14-2-3-4(9)6(11)8(13)7(12)5(3)10/h2,9-13H2,1H3. The van der Waals surface area contributed by atoms with E-state index in [2.05, 4.69) is 39.2 Å². The second-order valence-electron chi connectivity index (χ2n) is 4.04. The van der Waals surface area contributed by atoms with Crippen molar-refractivity contribution in [1.29, 1.82) is 0 Å². The van der Waals surface area contributed by atoms with Crippen LogP contribution >= 0.6 is 0 Å². The van der Waals surface area contributed by atoms with E-state index in [4.69, 9.17) is 4.74 Å². The molecular formula is C8H15B5O. The molecule has 0 aliphatic rings. The third-order valence-corrected chi connectivity index (χ3v) is 3.44. The second-order valence-corrected chi connectivity index (χ2v) is 4.04. The van der Waals surface area contributed by atoms with Crippen molar-refractivity contribution < 1.29 is 4.74 Å². The highest BCUT2D eigenvalue weighted by Gasteiger charge is 2.10. The number of methoxy groups -OCH3 is 1. The summed E-state index contributed by atoms with van der Waals surface area (Å²) in [7, 11) is 12.7. The maximum Gasteiger partial charge on any atom is 0.138 e. The van der Waals surface area contributed by atoms with Crippen molar-refractivity contribution in [1.82, 2.24) is 0 Å². The molecule has 0 unspecified atom stereocenters. The van der Waals surface area contributed by atoms with Gasteiger partial charge in [-0.1, -0.05) is 10.9 Å². The summed E-state index contributed by atoms with van der Waals surface area (Å²) >= 11 is 0. The van der Waals surface area contributed by atoms with Crippen molar-refractivity contribution in [3.05, 3.63) is 5.56 Å². The Morgan fingerprint density at radius 3 is 1.50 bits per heavy atom. The van der Waals surface area contributed by atoms with Gasteiger partial charge in [-0.2, -0.15) is 0 Å². The summed E-state index contributed by atoms with van der Waals surface area (Å²) in [5, 5.41) is 0. The highest BCUT2D eigenvalue weighted by atomic mass is 16.5. The molecule has 0 heterocycles. The second kappa shape index (κ2) is 4.35. The maximum absolute atomic E-state index is 5.24.